The Morgan fingerprint density at radius 1 is 0.929 bits per heavy atom. The minimum Gasteiger partial charge on any atom is -0.497 e. The first-order valence-corrected chi connectivity index (χ1v) is 14.4. The summed E-state index contributed by atoms with van der Waals surface area (Å²) >= 11 is 0. The fraction of sp³-hybridized carbons (Fsp3) is 0.353. The number of carbonyl (C=O) groups is 2. The summed E-state index contributed by atoms with van der Waals surface area (Å²) in [5.41, 5.74) is 3.80. The van der Waals surface area contributed by atoms with Crippen LogP contribution in [0.25, 0.3) is 0 Å². The lowest BCUT2D eigenvalue weighted by Crippen LogP contribution is -2.68. The van der Waals surface area contributed by atoms with Crippen molar-refractivity contribution in [3.63, 3.8) is 0 Å². The number of methoxy groups -OCH3 is 1. The fourth-order valence-corrected chi connectivity index (χ4v) is 5.80. The van der Waals surface area contributed by atoms with Crippen LogP contribution in [-0.2, 0) is 9.53 Å². The number of benzene rings is 3. The maximum atomic E-state index is 13.4. The molecule has 0 saturated carbocycles. The number of hydrogen-bond acceptors (Lipinski definition) is 5. The predicted molar refractivity (Wildman–Crippen MR) is 162 cm³/mol. The lowest BCUT2D eigenvalue weighted by atomic mass is 9.74. The number of carboxylic acid groups (broad SMARTS) is 1. The van der Waals surface area contributed by atoms with Crippen LogP contribution in [0.5, 0.6) is 5.75 Å². The van der Waals surface area contributed by atoms with Crippen LogP contribution in [0.4, 0.5) is 10.5 Å². The molecule has 0 bridgehead atoms. The number of hydrogen-bond donors (Lipinski definition) is 2. The molecule has 3 aromatic rings. The number of carbonyl (C=O) groups excluding carboxylic acids is 1. The molecular weight excluding hydrogens is 530 g/mol. The summed E-state index contributed by atoms with van der Waals surface area (Å²) in [6, 6.07) is 25.7. The van der Waals surface area contributed by atoms with E-state index in [1.165, 1.54) is 5.56 Å². The van der Waals surface area contributed by atoms with Gasteiger partial charge in [0.15, 0.2) is 0 Å². The first kappa shape index (κ1) is 29.2. The number of urea groups is 1. The van der Waals surface area contributed by atoms with E-state index < -0.39 is 5.97 Å². The Bertz CT molecular complexity index is 1400. The van der Waals surface area contributed by atoms with Crippen LogP contribution < -0.4 is 10.1 Å². The number of fused-ring (bicyclic) bond motifs is 1. The Morgan fingerprint density at radius 2 is 1.62 bits per heavy atom. The molecule has 2 fully saturated rings. The Balaban J connectivity index is 1.32. The number of amides is 2. The van der Waals surface area contributed by atoms with Crippen LogP contribution in [0.15, 0.2) is 78.9 Å². The summed E-state index contributed by atoms with van der Waals surface area (Å²) in [7, 11) is 1.62. The molecular formula is C34H37N3O5. The zero-order chi connectivity index (χ0) is 29.3. The summed E-state index contributed by atoms with van der Waals surface area (Å²) in [5.74, 6) is 6.46. The molecule has 8 nitrogen and oxygen atoms in total. The van der Waals surface area contributed by atoms with Crippen LogP contribution >= 0.6 is 0 Å². The minimum atomic E-state index is -0.866. The van der Waals surface area contributed by atoms with Gasteiger partial charge in [-0.3, -0.25) is 9.69 Å². The van der Waals surface area contributed by atoms with Gasteiger partial charge in [-0.05, 0) is 73.5 Å². The molecule has 0 radical (unpaired) electrons. The summed E-state index contributed by atoms with van der Waals surface area (Å²) < 4.78 is 11.1. The lowest BCUT2D eigenvalue weighted by Gasteiger charge is -2.57. The van der Waals surface area contributed by atoms with E-state index in [1.54, 1.807) is 7.11 Å². The highest BCUT2D eigenvalue weighted by Crippen LogP contribution is 2.42. The Morgan fingerprint density at radius 3 is 2.31 bits per heavy atom. The van der Waals surface area contributed by atoms with E-state index in [0.717, 1.165) is 42.0 Å². The second-order valence-corrected chi connectivity index (χ2v) is 10.7. The highest BCUT2D eigenvalue weighted by atomic mass is 16.5. The predicted octanol–water partition coefficient (Wildman–Crippen LogP) is 5.05. The van der Waals surface area contributed by atoms with Gasteiger partial charge in [-0.1, -0.05) is 42.2 Å². The van der Waals surface area contributed by atoms with Gasteiger partial charge in [-0.25, -0.2) is 4.79 Å². The van der Waals surface area contributed by atoms with Crippen LogP contribution in [0.2, 0.25) is 0 Å². The van der Waals surface area contributed by atoms with Gasteiger partial charge in [-0.15, -0.1) is 0 Å². The van der Waals surface area contributed by atoms with E-state index in [9.17, 15) is 9.59 Å². The molecule has 0 aromatic heterocycles. The number of nitrogens with zero attached hydrogens (tertiary/aromatic N) is 2. The molecule has 5 rings (SSSR count). The van der Waals surface area contributed by atoms with Crippen LogP contribution in [0.3, 0.4) is 0 Å². The number of anilines is 1. The second-order valence-electron chi connectivity index (χ2n) is 10.7. The normalized spacial score (nSPS) is 20.1. The van der Waals surface area contributed by atoms with E-state index >= 15 is 0 Å². The standard InChI is InChI=1S/C34H37N3O5/c1-41-29-17-15-28(16-18-29)35-34(40)36-20-5-6-21-37-30(23-36)33(31(37)24-42-22-19-32(38)39)27-13-11-26(12-14-27)10-9-25-7-3-2-4-8-25/h2-4,7-8,11-18,30-31,33H,5-6,19-24H2,1H3,(H,35,40)(H,38,39)/t30-,31+,33?/m0/s1. The number of nitrogens with one attached hydrogen (secondary N) is 1. The molecule has 218 valence electrons. The van der Waals surface area contributed by atoms with Gasteiger partial charge in [0.1, 0.15) is 5.75 Å². The number of carboxylic acids is 1. The Hall–Kier alpha value is -4.32. The van der Waals surface area contributed by atoms with Gasteiger partial charge in [-0.2, -0.15) is 0 Å². The van der Waals surface area contributed by atoms with Crippen molar-refractivity contribution in [1.29, 1.82) is 0 Å². The fourth-order valence-electron chi connectivity index (χ4n) is 5.80. The van der Waals surface area contributed by atoms with Crippen LogP contribution in [0, 0.1) is 11.8 Å². The quantitative estimate of drug-likeness (QED) is 0.293. The minimum absolute atomic E-state index is 0.0189. The van der Waals surface area contributed by atoms with Gasteiger partial charge in [0.2, 0.25) is 0 Å². The molecule has 42 heavy (non-hydrogen) atoms. The molecule has 0 aliphatic carbocycles. The van der Waals surface area contributed by atoms with Crippen molar-refractivity contribution in [2.75, 3.05) is 45.3 Å². The molecule has 2 aliphatic rings. The van der Waals surface area contributed by atoms with Gasteiger partial charge in [0.05, 0.1) is 26.7 Å². The first-order valence-electron chi connectivity index (χ1n) is 14.4. The Kier molecular flexibility index (Phi) is 9.75. The third kappa shape index (κ3) is 7.30. The summed E-state index contributed by atoms with van der Waals surface area (Å²) in [6.45, 7) is 2.83. The second kappa shape index (κ2) is 14.0. The number of aliphatic carboxylic acids is 1. The zero-order valence-corrected chi connectivity index (χ0v) is 23.9. The van der Waals surface area contributed by atoms with E-state index in [1.807, 2.05) is 71.6 Å². The SMILES string of the molecule is COc1ccc(NC(=O)N2CCCCN3[C@H](COCCC(=O)O)C(c4ccc(C#Cc5ccccc5)cc4)[C@@H]3C2)cc1. The molecule has 2 N–H and O–H groups in total. The summed E-state index contributed by atoms with van der Waals surface area (Å²) in [6.07, 6.45) is 1.86. The van der Waals surface area contributed by atoms with E-state index in [0.29, 0.717) is 19.7 Å². The molecule has 3 aromatic carbocycles. The average Bonchev–Trinajstić information content (AvgIpc) is 2.99. The molecule has 0 spiro atoms. The van der Waals surface area contributed by atoms with Crippen molar-refractivity contribution in [2.45, 2.75) is 37.3 Å². The first-order chi connectivity index (χ1) is 20.5. The molecule has 2 aliphatic heterocycles. The smallest absolute Gasteiger partial charge is 0.321 e. The molecule has 1 unspecified atom stereocenters. The van der Waals surface area contributed by atoms with Crippen molar-refractivity contribution >= 4 is 17.7 Å². The van der Waals surface area contributed by atoms with Crippen LogP contribution in [-0.4, -0.2) is 78.9 Å². The largest absolute Gasteiger partial charge is 0.497 e. The van der Waals surface area contributed by atoms with Crippen molar-refractivity contribution < 1.29 is 24.2 Å². The van der Waals surface area contributed by atoms with Gasteiger partial charge >= 0.3 is 12.0 Å². The number of rotatable bonds is 8. The third-order valence-electron chi connectivity index (χ3n) is 7.98. The van der Waals surface area contributed by atoms with Crippen molar-refractivity contribution in [3.8, 4) is 17.6 Å². The number of ether oxygens (including phenoxy) is 2. The zero-order valence-electron chi connectivity index (χ0n) is 23.9. The van der Waals surface area contributed by atoms with Gasteiger partial charge in [0, 0.05) is 47.9 Å². The van der Waals surface area contributed by atoms with Crippen molar-refractivity contribution in [2.24, 2.45) is 0 Å². The third-order valence-corrected chi connectivity index (χ3v) is 7.98. The highest BCUT2D eigenvalue weighted by molar-refractivity contribution is 5.89. The maximum absolute atomic E-state index is 13.4. The molecule has 3 atom stereocenters. The van der Waals surface area contributed by atoms with Gasteiger partial charge < -0.3 is 24.8 Å². The van der Waals surface area contributed by atoms with Gasteiger partial charge in [0.25, 0.3) is 0 Å². The molecule has 2 heterocycles. The Labute approximate surface area is 247 Å². The molecule has 2 saturated heterocycles. The molecule has 2 amide bonds. The van der Waals surface area contributed by atoms with Crippen LogP contribution in [0.1, 0.15) is 41.9 Å². The average molecular weight is 568 g/mol. The van der Waals surface area contributed by atoms with E-state index in [2.05, 4.69) is 34.2 Å². The van der Waals surface area contributed by atoms with Crippen molar-refractivity contribution in [1.82, 2.24) is 9.80 Å². The topological polar surface area (TPSA) is 91.3 Å². The van der Waals surface area contributed by atoms with Crippen molar-refractivity contribution in [3.05, 3.63) is 95.6 Å². The lowest BCUT2D eigenvalue weighted by molar-refractivity contribution is -0.139. The maximum Gasteiger partial charge on any atom is 0.321 e. The van der Waals surface area contributed by atoms with E-state index in [-0.39, 0.29) is 37.1 Å². The molecule has 8 heteroatoms. The monoisotopic (exact) mass is 567 g/mol. The summed E-state index contributed by atoms with van der Waals surface area (Å²) in [4.78, 5) is 28.7. The summed E-state index contributed by atoms with van der Waals surface area (Å²) in [5, 5.41) is 12.1. The van der Waals surface area contributed by atoms with E-state index in [4.69, 9.17) is 14.6 Å². The highest BCUT2D eigenvalue weighted by Gasteiger charge is 2.50.